The van der Waals surface area contributed by atoms with Crippen LogP contribution in [0.15, 0.2) is 18.2 Å². The number of rotatable bonds is 4. The van der Waals surface area contributed by atoms with Gasteiger partial charge in [-0.1, -0.05) is 18.9 Å². The van der Waals surface area contributed by atoms with Crippen molar-refractivity contribution in [2.24, 2.45) is 5.73 Å². The summed E-state index contributed by atoms with van der Waals surface area (Å²) in [5.74, 6) is 2.29. The monoisotopic (exact) mass is 372 g/mol. The van der Waals surface area contributed by atoms with Gasteiger partial charge < -0.3 is 15.2 Å². The van der Waals surface area contributed by atoms with Crippen LogP contribution in [0.25, 0.3) is 0 Å². The van der Waals surface area contributed by atoms with Crippen molar-refractivity contribution < 1.29 is 9.47 Å². The van der Waals surface area contributed by atoms with E-state index in [1.165, 1.54) is 12.8 Å². The fourth-order valence-electron chi connectivity index (χ4n) is 3.84. The van der Waals surface area contributed by atoms with Gasteiger partial charge in [0.05, 0.1) is 11.6 Å². The van der Waals surface area contributed by atoms with Gasteiger partial charge in [0.25, 0.3) is 0 Å². The first-order valence-corrected chi connectivity index (χ1v) is 9.63. The third kappa shape index (κ3) is 3.64. The molecule has 146 valence electrons. The molecule has 3 N–H and O–H groups in total. The number of hydrogen-bond acceptors (Lipinski definition) is 7. The van der Waals surface area contributed by atoms with E-state index in [1.54, 1.807) is 0 Å². The molecule has 0 bridgehead atoms. The molecule has 8 nitrogen and oxygen atoms in total. The number of hydrogen-bond donors (Lipinski definition) is 2. The minimum Gasteiger partial charge on any atom is -0.454 e. The minimum absolute atomic E-state index is 0.134. The number of tetrazole rings is 1. The predicted molar refractivity (Wildman–Crippen MR) is 101 cm³/mol. The molecule has 0 amide bonds. The Kier molecular flexibility index (Phi) is 4.77. The van der Waals surface area contributed by atoms with Crippen LogP contribution in [0.1, 0.15) is 63.9 Å². The largest absolute Gasteiger partial charge is 0.454 e. The normalized spacial score (nSPS) is 23.4. The molecule has 8 heteroatoms. The summed E-state index contributed by atoms with van der Waals surface area (Å²) < 4.78 is 12.9. The van der Waals surface area contributed by atoms with Gasteiger partial charge in [0.15, 0.2) is 17.3 Å². The van der Waals surface area contributed by atoms with Crippen molar-refractivity contribution in [3.63, 3.8) is 0 Å². The first kappa shape index (κ1) is 18.2. The first-order valence-electron chi connectivity index (χ1n) is 9.63. The third-order valence-corrected chi connectivity index (χ3v) is 5.32. The lowest BCUT2D eigenvalue weighted by Gasteiger charge is -2.33. The van der Waals surface area contributed by atoms with Crippen LogP contribution >= 0.6 is 0 Å². The van der Waals surface area contributed by atoms with Gasteiger partial charge in [0.1, 0.15) is 0 Å². The van der Waals surface area contributed by atoms with Crippen LogP contribution in [0.3, 0.4) is 0 Å². The molecule has 1 fully saturated rings. The summed E-state index contributed by atoms with van der Waals surface area (Å²) in [4.78, 5) is 0. The summed E-state index contributed by atoms with van der Waals surface area (Å²) in [6.45, 7) is 6.53. The molecule has 27 heavy (non-hydrogen) atoms. The van der Waals surface area contributed by atoms with Crippen molar-refractivity contribution >= 4 is 0 Å². The van der Waals surface area contributed by atoms with Gasteiger partial charge in [-0.3, -0.25) is 5.32 Å². The molecule has 1 aromatic heterocycles. The van der Waals surface area contributed by atoms with E-state index >= 15 is 0 Å². The van der Waals surface area contributed by atoms with Crippen LogP contribution in [0.2, 0.25) is 0 Å². The number of aromatic nitrogens is 4. The van der Waals surface area contributed by atoms with Crippen molar-refractivity contribution in [3.8, 4) is 11.5 Å². The molecule has 1 saturated carbocycles. The summed E-state index contributed by atoms with van der Waals surface area (Å²) in [7, 11) is 0. The van der Waals surface area contributed by atoms with Crippen molar-refractivity contribution in [1.29, 1.82) is 0 Å². The standard InChI is InChI=1S/C19H28N6O2/c1-19(2,3)25-18(22-23-24-25)17(21-14-7-5-4-6-13(14)20)12-8-9-15-16(10-12)27-11-26-15/h8-10,13-14,17,21H,4-7,11,20H2,1-3H3. The molecule has 2 aliphatic rings. The van der Waals surface area contributed by atoms with Crippen LogP contribution in [-0.4, -0.2) is 39.1 Å². The van der Waals surface area contributed by atoms with E-state index in [0.29, 0.717) is 0 Å². The Morgan fingerprint density at radius 3 is 2.74 bits per heavy atom. The molecule has 4 rings (SSSR count). The van der Waals surface area contributed by atoms with E-state index in [2.05, 4.69) is 41.6 Å². The van der Waals surface area contributed by atoms with Gasteiger partial charge in [-0.15, -0.1) is 5.10 Å². The minimum atomic E-state index is -0.232. The predicted octanol–water partition coefficient (Wildman–Crippen LogP) is 2.11. The zero-order valence-corrected chi connectivity index (χ0v) is 16.2. The Hall–Kier alpha value is -2.19. The summed E-state index contributed by atoms with van der Waals surface area (Å²) >= 11 is 0. The molecular weight excluding hydrogens is 344 g/mol. The number of benzene rings is 1. The number of fused-ring (bicyclic) bond motifs is 1. The molecule has 1 aromatic carbocycles. The quantitative estimate of drug-likeness (QED) is 0.848. The van der Waals surface area contributed by atoms with E-state index in [-0.39, 0.29) is 30.5 Å². The van der Waals surface area contributed by atoms with E-state index in [9.17, 15) is 0 Å². The molecule has 2 aromatic rings. The van der Waals surface area contributed by atoms with Crippen LogP contribution in [0, 0.1) is 0 Å². The smallest absolute Gasteiger partial charge is 0.231 e. The molecular formula is C19H28N6O2. The van der Waals surface area contributed by atoms with E-state index in [1.807, 2.05) is 22.9 Å². The fraction of sp³-hybridized carbons (Fsp3) is 0.632. The summed E-state index contributed by atoms with van der Waals surface area (Å²) in [5.41, 5.74) is 7.21. The molecule has 2 heterocycles. The maximum absolute atomic E-state index is 6.41. The highest BCUT2D eigenvalue weighted by Gasteiger charge is 2.32. The van der Waals surface area contributed by atoms with Crippen molar-refractivity contribution in [1.82, 2.24) is 25.5 Å². The van der Waals surface area contributed by atoms with Gasteiger partial charge in [-0.2, -0.15) is 0 Å². The lowest BCUT2D eigenvalue weighted by molar-refractivity contribution is 0.174. The molecule has 0 radical (unpaired) electrons. The summed E-state index contributed by atoms with van der Waals surface area (Å²) in [6.07, 6.45) is 4.46. The van der Waals surface area contributed by atoms with Gasteiger partial charge in [-0.25, -0.2) is 4.68 Å². The van der Waals surface area contributed by atoms with E-state index < -0.39 is 0 Å². The van der Waals surface area contributed by atoms with E-state index in [0.717, 1.165) is 35.7 Å². The van der Waals surface area contributed by atoms with Gasteiger partial charge in [0, 0.05) is 12.1 Å². The first-order chi connectivity index (χ1) is 12.9. The molecule has 0 spiro atoms. The number of nitrogens with zero attached hydrogens (tertiary/aromatic N) is 4. The lowest BCUT2D eigenvalue weighted by atomic mass is 9.89. The maximum Gasteiger partial charge on any atom is 0.231 e. The molecule has 1 aliphatic heterocycles. The SMILES string of the molecule is CC(C)(C)n1nnnc1C(NC1CCCCC1N)c1ccc2c(c1)OCO2. The highest BCUT2D eigenvalue weighted by atomic mass is 16.7. The maximum atomic E-state index is 6.41. The second-order valence-electron chi connectivity index (χ2n) is 8.39. The second kappa shape index (κ2) is 7.09. The van der Waals surface area contributed by atoms with Crippen molar-refractivity contribution in [2.45, 2.75) is 70.1 Å². The average Bonchev–Trinajstić information content (AvgIpc) is 3.29. The van der Waals surface area contributed by atoms with Crippen molar-refractivity contribution in [3.05, 3.63) is 29.6 Å². The van der Waals surface area contributed by atoms with Crippen LogP contribution in [0.4, 0.5) is 0 Å². The fourth-order valence-corrected chi connectivity index (χ4v) is 3.84. The molecule has 3 unspecified atom stereocenters. The highest BCUT2D eigenvalue weighted by Crippen LogP contribution is 2.36. The average molecular weight is 372 g/mol. The van der Waals surface area contributed by atoms with Crippen LogP contribution in [-0.2, 0) is 5.54 Å². The zero-order valence-electron chi connectivity index (χ0n) is 16.2. The van der Waals surface area contributed by atoms with Crippen molar-refractivity contribution in [2.75, 3.05) is 6.79 Å². The Morgan fingerprint density at radius 1 is 1.19 bits per heavy atom. The number of ether oxygens (including phenoxy) is 2. The zero-order chi connectivity index (χ0) is 19.0. The second-order valence-corrected chi connectivity index (χ2v) is 8.39. The van der Waals surface area contributed by atoms with Crippen LogP contribution < -0.4 is 20.5 Å². The van der Waals surface area contributed by atoms with Gasteiger partial charge >= 0.3 is 0 Å². The summed E-state index contributed by atoms with van der Waals surface area (Å²) in [6, 6.07) is 6.17. The summed E-state index contributed by atoms with van der Waals surface area (Å²) in [5, 5.41) is 16.3. The topological polar surface area (TPSA) is 100 Å². The Labute approximate surface area is 159 Å². The Morgan fingerprint density at radius 2 is 1.96 bits per heavy atom. The number of nitrogens with two attached hydrogens (primary N) is 1. The van der Waals surface area contributed by atoms with Gasteiger partial charge in [0.2, 0.25) is 6.79 Å². The molecule has 1 aliphatic carbocycles. The number of nitrogens with one attached hydrogen (secondary N) is 1. The van der Waals surface area contributed by atoms with Gasteiger partial charge in [-0.05, 0) is 61.7 Å². The lowest BCUT2D eigenvalue weighted by Crippen LogP contribution is -2.49. The molecule has 3 atom stereocenters. The third-order valence-electron chi connectivity index (χ3n) is 5.32. The highest BCUT2D eigenvalue weighted by molar-refractivity contribution is 5.46. The Balaban J connectivity index is 1.72. The van der Waals surface area contributed by atoms with E-state index in [4.69, 9.17) is 15.2 Å². The Bertz CT molecular complexity index is 800. The molecule has 0 saturated heterocycles. The van der Waals surface area contributed by atoms with Crippen LogP contribution in [0.5, 0.6) is 11.5 Å².